The van der Waals surface area contributed by atoms with Crippen molar-refractivity contribution in [2.45, 2.75) is 12.6 Å². The molecule has 2 N–H and O–H groups in total. The Morgan fingerprint density at radius 1 is 1.10 bits per heavy atom. The Labute approximate surface area is 233 Å². The fraction of sp³-hybridized carbons (Fsp3) is 0.357. The van der Waals surface area contributed by atoms with Crippen molar-refractivity contribution in [2.75, 3.05) is 69.0 Å². The Morgan fingerprint density at radius 3 is 2.56 bits per heavy atom. The number of hydrogen-bond acceptors (Lipinski definition) is 8. The fourth-order valence-electron chi connectivity index (χ4n) is 4.23. The number of nitrogens with one attached hydrogen (secondary N) is 2. The molecule has 3 aromatic rings. The number of halogens is 1. The second-order valence-corrected chi connectivity index (χ2v) is 9.95. The van der Waals surface area contributed by atoms with Crippen molar-refractivity contribution in [3.63, 3.8) is 0 Å². The van der Waals surface area contributed by atoms with Crippen molar-refractivity contribution >= 4 is 40.6 Å². The minimum atomic E-state index is -0.553. The summed E-state index contributed by atoms with van der Waals surface area (Å²) in [6.07, 6.45) is 5.21. The van der Waals surface area contributed by atoms with Gasteiger partial charge >= 0.3 is 0 Å². The van der Waals surface area contributed by atoms with E-state index in [1.54, 1.807) is 55.0 Å². The van der Waals surface area contributed by atoms with Gasteiger partial charge < -0.3 is 25.2 Å². The second kappa shape index (κ2) is 13.5. The van der Waals surface area contributed by atoms with Gasteiger partial charge in [-0.05, 0) is 69.5 Å². The van der Waals surface area contributed by atoms with Crippen LogP contribution in [0.5, 0.6) is 0 Å². The minimum Gasteiger partial charge on any atom is -0.360 e. The molecule has 1 aromatic carbocycles. The van der Waals surface area contributed by atoms with Crippen molar-refractivity contribution in [3.05, 3.63) is 77.2 Å². The molecule has 11 heteroatoms. The van der Waals surface area contributed by atoms with Crippen LogP contribution in [0.3, 0.4) is 0 Å². The third kappa shape index (κ3) is 7.51. The van der Waals surface area contributed by atoms with Crippen LogP contribution < -0.4 is 20.4 Å². The molecule has 1 fully saturated rings. The molecule has 10 nitrogen and oxygen atoms in total. The van der Waals surface area contributed by atoms with Crippen LogP contribution in [0, 0.1) is 0 Å². The molecular formula is C28H34ClN7O3. The first-order chi connectivity index (χ1) is 18.8. The largest absolute Gasteiger partial charge is 0.360 e. The van der Waals surface area contributed by atoms with Gasteiger partial charge in [-0.15, -0.1) is 0 Å². The van der Waals surface area contributed by atoms with Gasteiger partial charge in [-0.2, -0.15) is 0 Å². The Bertz CT molecular complexity index is 1250. The van der Waals surface area contributed by atoms with Gasteiger partial charge in [-0.25, -0.2) is 4.98 Å². The fourth-order valence-corrected chi connectivity index (χ4v) is 4.43. The van der Waals surface area contributed by atoms with Gasteiger partial charge in [0, 0.05) is 50.3 Å². The van der Waals surface area contributed by atoms with Gasteiger partial charge in [-0.1, -0.05) is 11.6 Å². The third-order valence-electron chi connectivity index (χ3n) is 6.31. The molecule has 0 saturated carbocycles. The van der Waals surface area contributed by atoms with Crippen LogP contribution in [0.15, 0.2) is 61.1 Å². The number of aromatic nitrogens is 2. The van der Waals surface area contributed by atoms with E-state index in [2.05, 4.69) is 44.5 Å². The molecule has 0 radical (unpaired) electrons. The van der Waals surface area contributed by atoms with E-state index in [4.69, 9.17) is 16.3 Å². The summed E-state index contributed by atoms with van der Waals surface area (Å²) < 4.78 is 5.91. The summed E-state index contributed by atoms with van der Waals surface area (Å²) in [5.74, 6) is 0.141. The van der Waals surface area contributed by atoms with E-state index in [-0.39, 0.29) is 16.5 Å². The van der Waals surface area contributed by atoms with Crippen molar-refractivity contribution in [1.29, 1.82) is 0 Å². The first-order valence-electron chi connectivity index (χ1n) is 12.8. The number of anilines is 3. The SMILES string of the molecule is CN(C)CCCN(C)c1ccc(NC(=O)c2cc(N(C(=O)c3ccncc3)C3CNCCO3)ccc2Cl)cn1. The average molecular weight is 552 g/mol. The van der Waals surface area contributed by atoms with Gasteiger partial charge in [0.2, 0.25) is 0 Å². The normalized spacial score (nSPS) is 15.2. The highest BCUT2D eigenvalue weighted by Crippen LogP contribution is 2.28. The van der Waals surface area contributed by atoms with Crippen molar-refractivity contribution in [3.8, 4) is 0 Å². The Kier molecular flexibility index (Phi) is 9.83. The topological polar surface area (TPSA) is 103 Å². The number of carbonyl (C=O) groups excluding carboxylic acids is 2. The first kappa shape index (κ1) is 28.4. The molecule has 1 unspecified atom stereocenters. The first-order valence-corrected chi connectivity index (χ1v) is 13.2. The molecule has 0 bridgehead atoms. The molecule has 39 heavy (non-hydrogen) atoms. The van der Waals surface area contributed by atoms with Crippen LogP contribution in [-0.4, -0.2) is 86.8 Å². The molecule has 1 atom stereocenters. The molecule has 1 aliphatic heterocycles. The van der Waals surface area contributed by atoms with E-state index in [1.165, 1.54) is 4.90 Å². The van der Waals surface area contributed by atoms with Crippen LogP contribution in [0.2, 0.25) is 5.02 Å². The number of ether oxygens (including phenoxy) is 1. The van der Waals surface area contributed by atoms with Gasteiger partial charge in [0.25, 0.3) is 11.8 Å². The van der Waals surface area contributed by atoms with E-state index in [9.17, 15) is 9.59 Å². The number of pyridine rings is 2. The standard InChI is InChI=1S/C28H34ClN7O3/c1-34(2)14-4-15-35(3)25-8-5-21(18-32-25)33-27(37)23-17-22(6-7-24(23)29)36(26-19-31-13-16-39-26)28(38)20-9-11-30-12-10-20/h5-12,17-18,26,31H,4,13-16,19H2,1-3H3,(H,33,37). The lowest BCUT2D eigenvalue weighted by atomic mass is 10.1. The molecule has 0 aliphatic carbocycles. The van der Waals surface area contributed by atoms with E-state index in [1.807, 2.05) is 13.1 Å². The van der Waals surface area contributed by atoms with Gasteiger partial charge in [0.05, 0.1) is 29.1 Å². The van der Waals surface area contributed by atoms with Crippen LogP contribution in [-0.2, 0) is 4.74 Å². The van der Waals surface area contributed by atoms with Crippen molar-refractivity contribution < 1.29 is 14.3 Å². The van der Waals surface area contributed by atoms with Gasteiger partial charge in [0.1, 0.15) is 12.0 Å². The Hall–Kier alpha value is -3.57. The van der Waals surface area contributed by atoms with Crippen LogP contribution in [0.25, 0.3) is 0 Å². The monoisotopic (exact) mass is 551 g/mol. The number of hydrogen-bond donors (Lipinski definition) is 2. The predicted molar refractivity (Wildman–Crippen MR) is 154 cm³/mol. The zero-order chi connectivity index (χ0) is 27.8. The maximum Gasteiger partial charge on any atom is 0.260 e. The highest BCUT2D eigenvalue weighted by atomic mass is 35.5. The quantitative estimate of drug-likeness (QED) is 0.395. The maximum absolute atomic E-state index is 13.5. The zero-order valence-corrected chi connectivity index (χ0v) is 23.2. The number of carbonyl (C=O) groups is 2. The summed E-state index contributed by atoms with van der Waals surface area (Å²) in [5.41, 5.74) is 1.72. The second-order valence-electron chi connectivity index (χ2n) is 9.54. The third-order valence-corrected chi connectivity index (χ3v) is 6.64. The lowest BCUT2D eigenvalue weighted by Gasteiger charge is -2.34. The summed E-state index contributed by atoms with van der Waals surface area (Å²) in [4.78, 5) is 41.0. The lowest BCUT2D eigenvalue weighted by molar-refractivity contribution is 0.0255. The molecule has 1 saturated heterocycles. The molecule has 2 amide bonds. The summed E-state index contributed by atoms with van der Waals surface area (Å²) in [6, 6.07) is 11.9. The Morgan fingerprint density at radius 2 is 1.90 bits per heavy atom. The summed E-state index contributed by atoms with van der Waals surface area (Å²) >= 11 is 6.44. The zero-order valence-electron chi connectivity index (χ0n) is 22.4. The minimum absolute atomic E-state index is 0.232. The van der Waals surface area contributed by atoms with Crippen molar-refractivity contribution in [2.24, 2.45) is 0 Å². The number of morpholine rings is 1. The molecular weight excluding hydrogens is 518 g/mol. The Balaban J connectivity index is 1.52. The molecule has 4 rings (SSSR count). The van der Waals surface area contributed by atoms with E-state index in [0.29, 0.717) is 36.6 Å². The smallest absolute Gasteiger partial charge is 0.260 e. The predicted octanol–water partition coefficient (Wildman–Crippen LogP) is 3.36. The van der Waals surface area contributed by atoms with Crippen LogP contribution in [0.4, 0.5) is 17.2 Å². The van der Waals surface area contributed by atoms with Crippen molar-refractivity contribution in [1.82, 2.24) is 20.2 Å². The molecule has 2 aromatic heterocycles. The molecule has 206 valence electrons. The van der Waals surface area contributed by atoms with E-state index >= 15 is 0 Å². The van der Waals surface area contributed by atoms with Gasteiger partial charge in [0.15, 0.2) is 0 Å². The maximum atomic E-state index is 13.5. The highest BCUT2D eigenvalue weighted by molar-refractivity contribution is 6.34. The molecule has 0 spiro atoms. The number of amides is 2. The number of rotatable bonds is 10. The molecule has 3 heterocycles. The average Bonchev–Trinajstić information content (AvgIpc) is 2.95. The van der Waals surface area contributed by atoms with Crippen LogP contribution in [0.1, 0.15) is 27.1 Å². The van der Waals surface area contributed by atoms with E-state index in [0.717, 1.165) is 25.3 Å². The lowest BCUT2D eigenvalue weighted by Crippen LogP contribution is -2.52. The van der Waals surface area contributed by atoms with Gasteiger partial charge in [-0.3, -0.25) is 19.5 Å². The highest BCUT2D eigenvalue weighted by Gasteiger charge is 2.29. The number of nitrogens with zero attached hydrogens (tertiary/aromatic N) is 5. The van der Waals surface area contributed by atoms with E-state index < -0.39 is 12.1 Å². The summed E-state index contributed by atoms with van der Waals surface area (Å²) in [5, 5.41) is 6.38. The molecule has 1 aliphatic rings. The summed E-state index contributed by atoms with van der Waals surface area (Å²) in [7, 11) is 6.09. The number of benzene rings is 1. The summed E-state index contributed by atoms with van der Waals surface area (Å²) in [6.45, 7) is 3.46. The van der Waals surface area contributed by atoms with Crippen LogP contribution >= 0.6 is 11.6 Å².